The van der Waals surface area contributed by atoms with Crippen LogP contribution in [-0.2, 0) is 16.3 Å². The summed E-state index contributed by atoms with van der Waals surface area (Å²) in [6.45, 7) is 0. The highest BCUT2D eigenvalue weighted by Crippen LogP contribution is 2.37. The fourth-order valence-electron chi connectivity index (χ4n) is 1.71. The Morgan fingerprint density at radius 3 is 2.41 bits per heavy atom. The van der Waals surface area contributed by atoms with Crippen molar-refractivity contribution in [3.8, 4) is 0 Å². The van der Waals surface area contributed by atoms with Gasteiger partial charge in [-0.15, -0.1) is 0 Å². The standard InChI is InChI=1S/C11H13F2NO2S/c1-17(15,16)9-3-2-8(12)7(10(9)13)6-11(14)4-5-11/h2-3H,4-6,14H2,1H3. The molecule has 3 nitrogen and oxygen atoms in total. The number of nitrogens with two attached hydrogens (primary N) is 1. The van der Waals surface area contributed by atoms with Crippen molar-refractivity contribution >= 4 is 9.84 Å². The summed E-state index contributed by atoms with van der Waals surface area (Å²) in [4.78, 5) is -0.474. The van der Waals surface area contributed by atoms with Crippen LogP contribution in [0.3, 0.4) is 0 Å². The van der Waals surface area contributed by atoms with Crippen molar-refractivity contribution in [1.29, 1.82) is 0 Å². The van der Waals surface area contributed by atoms with Gasteiger partial charge in [-0.05, 0) is 31.4 Å². The van der Waals surface area contributed by atoms with Crippen LogP contribution in [-0.4, -0.2) is 20.2 Å². The zero-order valence-corrected chi connectivity index (χ0v) is 10.2. The maximum absolute atomic E-state index is 13.9. The molecule has 6 heteroatoms. The first kappa shape index (κ1) is 12.4. The molecule has 94 valence electrons. The largest absolute Gasteiger partial charge is 0.325 e. The van der Waals surface area contributed by atoms with Crippen molar-refractivity contribution in [2.45, 2.75) is 29.7 Å². The predicted octanol–water partition coefficient (Wildman–Crippen LogP) is 1.40. The lowest BCUT2D eigenvalue weighted by molar-refractivity contribution is 0.511. The molecule has 0 saturated heterocycles. The van der Waals surface area contributed by atoms with Gasteiger partial charge in [0.15, 0.2) is 9.84 Å². The van der Waals surface area contributed by atoms with Gasteiger partial charge in [0.2, 0.25) is 0 Å². The van der Waals surface area contributed by atoms with E-state index in [1.54, 1.807) is 0 Å². The van der Waals surface area contributed by atoms with Gasteiger partial charge in [-0.3, -0.25) is 0 Å². The van der Waals surface area contributed by atoms with Crippen LogP contribution in [0.5, 0.6) is 0 Å². The van der Waals surface area contributed by atoms with Gasteiger partial charge in [-0.1, -0.05) is 0 Å². The van der Waals surface area contributed by atoms with Crippen molar-refractivity contribution in [3.63, 3.8) is 0 Å². The smallest absolute Gasteiger partial charge is 0.178 e. The molecule has 2 N–H and O–H groups in total. The van der Waals surface area contributed by atoms with Crippen LogP contribution >= 0.6 is 0 Å². The molecule has 0 spiro atoms. The number of hydrogen-bond donors (Lipinski definition) is 1. The lowest BCUT2D eigenvalue weighted by Crippen LogP contribution is -2.26. The molecule has 0 radical (unpaired) electrons. The van der Waals surface area contributed by atoms with Crippen LogP contribution in [0, 0.1) is 11.6 Å². The van der Waals surface area contributed by atoms with Crippen LogP contribution in [0.4, 0.5) is 8.78 Å². The van der Waals surface area contributed by atoms with Crippen molar-refractivity contribution in [2.24, 2.45) is 5.73 Å². The van der Waals surface area contributed by atoms with Crippen LogP contribution in [0.15, 0.2) is 17.0 Å². The molecule has 0 atom stereocenters. The van der Waals surface area contributed by atoms with Gasteiger partial charge in [-0.2, -0.15) is 0 Å². The molecule has 0 unspecified atom stereocenters. The average molecular weight is 261 g/mol. The zero-order valence-electron chi connectivity index (χ0n) is 9.33. The average Bonchev–Trinajstić information content (AvgIpc) is 2.89. The Bertz CT molecular complexity index is 565. The molecule has 17 heavy (non-hydrogen) atoms. The molecule has 1 aromatic carbocycles. The first-order valence-electron chi connectivity index (χ1n) is 5.19. The number of benzene rings is 1. The van der Waals surface area contributed by atoms with E-state index in [0.29, 0.717) is 12.8 Å². The molecular weight excluding hydrogens is 248 g/mol. The van der Waals surface area contributed by atoms with Gasteiger partial charge >= 0.3 is 0 Å². The van der Waals surface area contributed by atoms with Crippen molar-refractivity contribution in [3.05, 3.63) is 29.3 Å². The lowest BCUT2D eigenvalue weighted by atomic mass is 10.0. The maximum atomic E-state index is 13.9. The summed E-state index contributed by atoms with van der Waals surface area (Å²) in [6, 6.07) is 1.92. The predicted molar refractivity (Wildman–Crippen MR) is 59.3 cm³/mol. The fourth-order valence-corrected chi connectivity index (χ4v) is 2.48. The molecule has 2 rings (SSSR count). The number of rotatable bonds is 3. The Labute approximate surface area is 98.5 Å². The SMILES string of the molecule is CS(=O)(=O)c1ccc(F)c(CC2(N)CC2)c1F. The van der Waals surface area contributed by atoms with Crippen LogP contribution in [0.25, 0.3) is 0 Å². The molecule has 0 aromatic heterocycles. The van der Waals surface area contributed by atoms with Crippen molar-refractivity contribution < 1.29 is 17.2 Å². The van der Waals surface area contributed by atoms with Crippen molar-refractivity contribution in [1.82, 2.24) is 0 Å². The summed E-state index contributed by atoms with van der Waals surface area (Å²) in [5, 5.41) is 0. The maximum Gasteiger partial charge on any atom is 0.178 e. The molecule has 1 aliphatic rings. The van der Waals surface area contributed by atoms with Crippen LogP contribution < -0.4 is 5.73 Å². The minimum atomic E-state index is -3.69. The van der Waals surface area contributed by atoms with Crippen LogP contribution in [0.2, 0.25) is 0 Å². The van der Waals surface area contributed by atoms with E-state index < -0.39 is 31.9 Å². The molecule has 0 amide bonds. The summed E-state index contributed by atoms with van der Waals surface area (Å²) in [6.07, 6.45) is 2.33. The third kappa shape index (κ3) is 2.47. The quantitative estimate of drug-likeness (QED) is 0.837. The van der Waals surface area contributed by atoms with E-state index in [-0.39, 0.29) is 12.0 Å². The highest BCUT2D eigenvalue weighted by molar-refractivity contribution is 7.90. The Morgan fingerprint density at radius 1 is 1.35 bits per heavy atom. The van der Waals surface area contributed by atoms with E-state index in [1.165, 1.54) is 0 Å². The van der Waals surface area contributed by atoms with E-state index in [0.717, 1.165) is 18.4 Å². The van der Waals surface area contributed by atoms with Gasteiger partial charge in [0.25, 0.3) is 0 Å². The second-order valence-electron chi connectivity index (χ2n) is 4.65. The van der Waals surface area contributed by atoms with Gasteiger partial charge in [0.1, 0.15) is 16.5 Å². The summed E-state index contributed by atoms with van der Waals surface area (Å²) < 4.78 is 50.0. The normalized spacial score (nSPS) is 18.1. The third-order valence-electron chi connectivity index (χ3n) is 2.97. The molecule has 1 fully saturated rings. The van der Waals surface area contributed by atoms with E-state index in [4.69, 9.17) is 5.73 Å². The molecule has 1 aromatic rings. The van der Waals surface area contributed by atoms with Crippen LogP contribution in [0.1, 0.15) is 18.4 Å². The topological polar surface area (TPSA) is 60.2 Å². The minimum absolute atomic E-state index is 0.0357. The molecule has 1 aliphatic carbocycles. The Balaban J connectivity index is 2.50. The molecule has 0 aliphatic heterocycles. The van der Waals surface area contributed by atoms with Gasteiger partial charge in [-0.25, -0.2) is 17.2 Å². The lowest BCUT2D eigenvalue weighted by Gasteiger charge is -2.12. The number of halogens is 2. The third-order valence-corrected chi connectivity index (χ3v) is 4.09. The summed E-state index contributed by atoms with van der Waals surface area (Å²) in [5.41, 5.74) is 4.99. The second kappa shape index (κ2) is 3.74. The summed E-state index contributed by atoms with van der Waals surface area (Å²) in [7, 11) is -3.69. The van der Waals surface area contributed by atoms with E-state index >= 15 is 0 Å². The van der Waals surface area contributed by atoms with Gasteiger partial charge < -0.3 is 5.73 Å². The fraction of sp³-hybridized carbons (Fsp3) is 0.455. The Morgan fingerprint density at radius 2 is 1.94 bits per heavy atom. The molecule has 0 bridgehead atoms. The molecular formula is C11H13F2NO2S. The monoisotopic (exact) mass is 261 g/mol. The summed E-state index contributed by atoms with van der Waals surface area (Å²) >= 11 is 0. The zero-order chi connectivity index (χ0) is 12.8. The number of hydrogen-bond acceptors (Lipinski definition) is 3. The Kier molecular flexibility index (Phi) is 2.74. The minimum Gasteiger partial charge on any atom is -0.325 e. The molecule has 0 heterocycles. The molecule has 1 saturated carbocycles. The van der Waals surface area contributed by atoms with E-state index in [2.05, 4.69) is 0 Å². The summed E-state index contributed by atoms with van der Waals surface area (Å²) in [5.74, 6) is -1.75. The first-order chi connectivity index (χ1) is 7.73. The first-order valence-corrected chi connectivity index (χ1v) is 7.08. The Hall–Kier alpha value is -1.01. The van der Waals surface area contributed by atoms with E-state index in [9.17, 15) is 17.2 Å². The highest BCUT2D eigenvalue weighted by atomic mass is 32.2. The highest BCUT2D eigenvalue weighted by Gasteiger charge is 2.40. The van der Waals surface area contributed by atoms with E-state index in [1.807, 2.05) is 0 Å². The van der Waals surface area contributed by atoms with Gasteiger partial charge in [0.05, 0.1) is 0 Å². The number of sulfone groups is 1. The van der Waals surface area contributed by atoms with Crippen molar-refractivity contribution in [2.75, 3.05) is 6.26 Å². The van der Waals surface area contributed by atoms with Gasteiger partial charge in [0, 0.05) is 17.4 Å². The second-order valence-corrected chi connectivity index (χ2v) is 6.63.